The summed E-state index contributed by atoms with van der Waals surface area (Å²) in [6.45, 7) is 0.221. The fourth-order valence-corrected chi connectivity index (χ4v) is 0.547. The van der Waals surface area contributed by atoms with Gasteiger partial charge in [-0.2, -0.15) is 8.42 Å². The first-order valence-corrected chi connectivity index (χ1v) is 3.41. The molecule has 0 saturated heterocycles. The van der Waals surface area contributed by atoms with Crippen LogP contribution in [0, 0.1) is 0 Å². The SMILES string of the molecule is [NH3+]CCS(=O)(=O)O. The molecule has 0 aliphatic rings. The molecule has 0 rings (SSSR count). The van der Waals surface area contributed by atoms with Crippen LogP contribution in [-0.4, -0.2) is 25.3 Å². The number of rotatable bonds is 2. The fourth-order valence-electron chi connectivity index (χ4n) is 0.182. The van der Waals surface area contributed by atoms with E-state index in [0.29, 0.717) is 0 Å². The van der Waals surface area contributed by atoms with Crippen molar-refractivity contribution in [2.75, 3.05) is 12.3 Å². The Morgan fingerprint density at radius 3 is 2.00 bits per heavy atom. The highest BCUT2D eigenvalue weighted by Crippen LogP contribution is 1.73. The van der Waals surface area contributed by atoms with Crippen LogP contribution in [0.3, 0.4) is 0 Å². The van der Waals surface area contributed by atoms with Crippen LogP contribution in [0.5, 0.6) is 0 Å². The molecule has 0 spiro atoms. The highest BCUT2D eigenvalue weighted by Gasteiger charge is 2.00. The van der Waals surface area contributed by atoms with Gasteiger partial charge in [-0.1, -0.05) is 0 Å². The molecule has 5 heteroatoms. The van der Waals surface area contributed by atoms with Crippen LogP contribution < -0.4 is 5.73 Å². The topological polar surface area (TPSA) is 82.0 Å². The normalized spacial score (nSPS) is 11.7. The maximum absolute atomic E-state index is 9.75. The first kappa shape index (κ1) is 6.87. The molecule has 0 unspecified atom stereocenters. The molecular formula is C2H8NO3S+. The van der Waals surface area contributed by atoms with E-state index in [9.17, 15) is 8.42 Å². The Morgan fingerprint density at radius 2 is 2.00 bits per heavy atom. The van der Waals surface area contributed by atoms with Gasteiger partial charge in [0.15, 0.2) is 0 Å². The second-order valence-corrected chi connectivity index (χ2v) is 2.71. The maximum Gasteiger partial charge on any atom is 0.270 e. The Kier molecular flexibility index (Phi) is 2.21. The van der Waals surface area contributed by atoms with Crippen LogP contribution in [0.1, 0.15) is 0 Å². The van der Waals surface area contributed by atoms with Gasteiger partial charge in [0.05, 0.1) is 6.54 Å². The molecule has 0 atom stereocenters. The van der Waals surface area contributed by atoms with Crippen LogP contribution in [0.4, 0.5) is 0 Å². The molecule has 0 aliphatic carbocycles. The Balaban J connectivity index is 3.60. The summed E-state index contributed by atoms with van der Waals surface area (Å²) in [6, 6.07) is 0. The van der Waals surface area contributed by atoms with Gasteiger partial charge in [-0.25, -0.2) is 0 Å². The minimum Gasteiger partial charge on any atom is -0.357 e. The van der Waals surface area contributed by atoms with E-state index in [-0.39, 0.29) is 12.3 Å². The first-order valence-electron chi connectivity index (χ1n) is 1.80. The molecule has 0 aliphatic heterocycles. The lowest BCUT2D eigenvalue weighted by Crippen LogP contribution is -2.53. The van der Waals surface area contributed by atoms with E-state index in [1.54, 1.807) is 0 Å². The molecule has 0 fully saturated rings. The molecule has 0 saturated carbocycles. The average Bonchev–Trinajstić information content (AvgIpc) is 1.30. The summed E-state index contributed by atoms with van der Waals surface area (Å²) in [4.78, 5) is 0. The molecule has 0 radical (unpaired) electrons. The third-order valence-electron chi connectivity index (χ3n) is 0.402. The van der Waals surface area contributed by atoms with E-state index in [1.807, 2.05) is 0 Å². The number of hydrogen-bond donors (Lipinski definition) is 2. The lowest BCUT2D eigenvalue weighted by Gasteiger charge is -1.84. The second kappa shape index (κ2) is 2.25. The van der Waals surface area contributed by atoms with Crippen LogP contribution in [0.2, 0.25) is 0 Å². The number of quaternary nitrogens is 1. The van der Waals surface area contributed by atoms with Gasteiger partial charge >= 0.3 is 0 Å². The highest BCUT2D eigenvalue weighted by atomic mass is 32.2. The van der Waals surface area contributed by atoms with Gasteiger partial charge in [-0.15, -0.1) is 0 Å². The van der Waals surface area contributed by atoms with E-state index < -0.39 is 10.1 Å². The summed E-state index contributed by atoms with van der Waals surface area (Å²) in [5, 5.41) is 0. The van der Waals surface area contributed by atoms with Crippen molar-refractivity contribution in [3.05, 3.63) is 0 Å². The predicted octanol–water partition coefficient (Wildman–Crippen LogP) is -1.88. The molecular weight excluding hydrogens is 118 g/mol. The zero-order chi connectivity index (χ0) is 5.91. The van der Waals surface area contributed by atoms with Gasteiger partial charge in [0, 0.05) is 0 Å². The molecule has 44 valence electrons. The average molecular weight is 126 g/mol. The third-order valence-corrected chi connectivity index (χ3v) is 1.21. The minimum absolute atomic E-state index is 0.221. The quantitative estimate of drug-likeness (QED) is 0.425. The van der Waals surface area contributed by atoms with E-state index in [1.165, 1.54) is 0 Å². The largest absolute Gasteiger partial charge is 0.357 e. The summed E-state index contributed by atoms with van der Waals surface area (Å²) in [7, 11) is -3.74. The van der Waals surface area contributed by atoms with Gasteiger partial charge in [0.25, 0.3) is 10.1 Å². The van der Waals surface area contributed by atoms with Crippen molar-refractivity contribution >= 4 is 10.1 Å². The Bertz CT molecular complexity index is 126. The molecule has 0 aromatic heterocycles. The van der Waals surface area contributed by atoms with Crippen molar-refractivity contribution in [3.63, 3.8) is 0 Å². The summed E-state index contributed by atoms with van der Waals surface area (Å²) in [6.07, 6.45) is 0. The predicted molar refractivity (Wildman–Crippen MR) is 24.2 cm³/mol. The zero-order valence-electron chi connectivity index (χ0n) is 3.79. The van der Waals surface area contributed by atoms with Gasteiger partial charge < -0.3 is 5.73 Å². The fraction of sp³-hybridized carbons (Fsp3) is 1.00. The van der Waals surface area contributed by atoms with Crippen LogP contribution in [-0.2, 0) is 10.1 Å². The summed E-state index contributed by atoms with van der Waals surface area (Å²) >= 11 is 0. The van der Waals surface area contributed by atoms with Crippen LogP contribution in [0.15, 0.2) is 0 Å². The van der Waals surface area contributed by atoms with Crippen molar-refractivity contribution in [2.45, 2.75) is 0 Å². The summed E-state index contributed by atoms with van der Waals surface area (Å²) in [5.41, 5.74) is 3.23. The summed E-state index contributed by atoms with van der Waals surface area (Å²) < 4.78 is 27.4. The van der Waals surface area contributed by atoms with E-state index in [0.717, 1.165) is 0 Å². The summed E-state index contributed by atoms with van der Waals surface area (Å²) in [5.74, 6) is -0.243. The van der Waals surface area contributed by atoms with Gasteiger partial charge in [0.2, 0.25) is 0 Å². The van der Waals surface area contributed by atoms with Crippen molar-refractivity contribution in [2.24, 2.45) is 0 Å². The van der Waals surface area contributed by atoms with E-state index in [2.05, 4.69) is 5.73 Å². The molecule has 0 aromatic rings. The molecule has 0 amide bonds. The Hall–Kier alpha value is -0.130. The van der Waals surface area contributed by atoms with Gasteiger partial charge in [-0.3, -0.25) is 4.55 Å². The minimum atomic E-state index is -3.74. The highest BCUT2D eigenvalue weighted by molar-refractivity contribution is 7.85. The van der Waals surface area contributed by atoms with Gasteiger partial charge in [0.1, 0.15) is 5.75 Å². The first-order chi connectivity index (χ1) is 3.06. The van der Waals surface area contributed by atoms with Crippen LogP contribution in [0.25, 0.3) is 0 Å². The zero-order valence-corrected chi connectivity index (χ0v) is 4.61. The Labute approximate surface area is 42.1 Å². The standard InChI is InChI=1S/C2H7NO3S/c3-1-2-7(4,5)6/h1-3H2,(H,4,5,6)/p+1. The Morgan fingerprint density at radius 1 is 1.57 bits per heavy atom. The molecule has 4 N–H and O–H groups in total. The molecule has 4 nitrogen and oxygen atoms in total. The van der Waals surface area contributed by atoms with Crippen LogP contribution >= 0.6 is 0 Å². The monoisotopic (exact) mass is 126 g/mol. The van der Waals surface area contributed by atoms with Crippen molar-refractivity contribution < 1.29 is 18.7 Å². The number of hydrogen-bond acceptors (Lipinski definition) is 2. The van der Waals surface area contributed by atoms with Gasteiger partial charge in [-0.05, 0) is 0 Å². The molecule has 7 heavy (non-hydrogen) atoms. The van der Waals surface area contributed by atoms with E-state index in [4.69, 9.17) is 4.55 Å². The lowest BCUT2D eigenvalue weighted by molar-refractivity contribution is -0.360. The van der Waals surface area contributed by atoms with E-state index >= 15 is 0 Å². The van der Waals surface area contributed by atoms with Crippen molar-refractivity contribution in [1.29, 1.82) is 0 Å². The van der Waals surface area contributed by atoms with Crippen molar-refractivity contribution in [1.82, 2.24) is 0 Å². The molecule has 0 bridgehead atoms. The molecule has 0 heterocycles. The smallest absolute Gasteiger partial charge is 0.270 e. The third kappa shape index (κ3) is 5.87. The van der Waals surface area contributed by atoms with Crippen molar-refractivity contribution in [3.8, 4) is 0 Å². The second-order valence-electron chi connectivity index (χ2n) is 1.14. The lowest BCUT2D eigenvalue weighted by atomic mass is 10.8. The maximum atomic E-state index is 9.75. The molecule has 0 aromatic carbocycles.